The molecule has 1 aromatic heterocycles. The van der Waals surface area contributed by atoms with Crippen molar-refractivity contribution in [2.45, 2.75) is 13.1 Å². The molecular formula is C22H27N5O. The predicted molar refractivity (Wildman–Crippen MR) is 113 cm³/mol. The summed E-state index contributed by atoms with van der Waals surface area (Å²) in [7, 11) is 3.81. The summed E-state index contributed by atoms with van der Waals surface area (Å²) in [5, 5.41) is 7.75. The number of guanidine groups is 1. The van der Waals surface area contributed by atoms with E-state index >= 15 is 0 Å². The number of nitrogens with zero attached hydrogens (tertiary/aromatic N) is 4. The van der Waals surface area contributed by atoms with Crippen LogP contribution in [0.25, 0.3) is 0 Å². The van der Waals surface area contributed by atoms with Crippen LogP contribution in [0.1, 0.15) is 11.1 Å². The zero-order chi connectivity index (χ0) is 19.6. The van der Waals surface area contributed by atoms with E-state index in [-0.39, 0.29) is 0 Å². The molecule has 0 atom stereocenters. The van der Waals surface area contributed by atoms with Crippen LogP contribution in [0.2, 0.25) is 0 Å². The first-order valence-corrected chi connectivity index (χ1v) is 9.40. The van der Waals surface area contributed by atoms with Crippen molar-refractivity contribution in [3.05, 3.63) is 84.2 Å². The molecule has 0 unspecified atom stereocenters. The predicted octanol–water partition coefficient (Wildman–Crippen LogP) is 3.02. The number of hydrogen-bond acceptors (Lipinski definition) is 3. The average molecular weight is 377 g/mol. The van der Waals surface area contributed by atoms with E-state index in [1.165, 1.54) is 11.1 Å². The topological polar surface area (TPSA) is 54.7 Å². The third-order valence-corrected chi connectivity index (χ3v) is 4.46. The molecule has 0 bridgehead atoms. The summed E-state index contributed by atoms with van der Waals surface area (Å²) in [5.74, 6) is 1.72. The van der Waals surface area contributed by atoms with Gasteiger partial charge in [0.25, 0.3) is 0 Å². The number of benzene rings is 2. The molecule has 0 aliphatic heterocycles. The first-order chi connectivity index (χ1) is 13.8. The van der Waals surface area contributed by atoms with Gasteiger partial charge in [-0.2, -0.15) is 5.10 Å². The normalized spacial score (nSPS) is 11.3. The molecule has 2 aromatic carbocycles. The van der Waals surface area contributed by atoms with Gasteiger partial charge in [0, 0.05) is 33.0 Å². The van der Waals surface area contributed by atoms with E-state index in [0.29, 0.717) is 13.2 Å². The summed E-state index contributed by atoms with van der Waals surface area (Å²) < 4.78 is 7.71. The lowest BCUT2D eigenvalue weighted by atomic mass is 10.1. The zero-order valence-corrected chi connectivity index (χ0v) is 16.5. The molecule has 6 nitrogen and oxygen atoms in total. The molecule has 0 saturated carbocycles. The summed E-state index contributed by atoms with van der Waals surface area (Å²) in [6, 6.07) is 20.2. The van der Waals surface area contributed by atoms with E-state index in [2.05, 4.69) is 44.6 Å². The Kier molecular flexibility index (Phi) is 7.07. The van der Waals surface area contributed by atoms with Gasteiger partial charge in [0.2, 0.25) is 0 Å². The highest BCUT2D eigenvalue weighted by molar-refractivity contribution is 5.79. The summed E-state index contributed by atoms with van der Waals surface area (Å²) in [6.07, 6.45) is 3.78. The second-order valence-electron chi connectivity index (χ2n) is 6.46. The smallest absolute Gasteiger partial charge is 0.193 e. The molecule has 0 saturated heterocycles. The Balaban J connectivity index is 1.52. The third-order valence-electron chi connectivity index (χ3n) is 4.46. The molecule has 1 heterocycles. The van der Waals surface area contributed by atoms with Crippen LogP contribution in [0.4, 0.5) is 0 Å². The first kappa shape index (κ1) is 19.5. The minimum atomic E-state index is 0.594. The molecule has 3 rings (SSSR count). The van der Waals surface area contributed by atoms with Gasteiger partial charge in [0.15, 0.2) is 5.96 Å². The summed E-state index contributed by atoms with van der Waals surface area (Å²) in [4.78, 5) is 6.46. The Morgan fingerprint density at radius 2 is 1.82 bits per heavy atom. The van der Waals surface area contributed by atoms with Crippen LogP contribution in [-0.2, 0) is 13.1 Å². The van der Waals surface area contributed by atoms with Crippen molar-refractivity contribution < 1.29 is 4.74 Å². The van der Waals surface area contributed by atoms with E-state index in [1.807, 2.05) is 54.3 Å². The maximum Gasteiger partial charge on any atom is 0.193 e. The standard InChI is InChI=1S/C22H27N5O/c1-23-22(26(2)15-16-28-21-11-4-3-5-12-21)24-17-19-9-6-7-10-20(19)18-27-14-8-13-25-27/h3-14H,15-18H2,1-2H3,(H,23,24). The van der Waals surface area contributed by atoms with Crippen molar-refractivity contribution in [1.82, 2.24) is 20.0 Å². The molecule has 146 valence electrons. The number of nitrogens with one attached hydrogen (secondary N) is 1. The molecule has 1 N–H and O–H groups in total. The van der Waals surface area contributed by atoms with Gasteiger partial charge in [-0.3, -0.25) is 9.67 Å². The number of ether oxygens (including phenoxy) is 1. The zero-order valence-electron chi connectivity index (χ0n) is 16.5. The van der Waals surface area contributed by atoms with Gasteiger partial charge < -0.3 is 15.0 Å². The van der Waals surface area contributed by atoms with Crippen LogP contribution < -0.4 is 10.1 Å². The first-order valence-electron chi connectivity index (χ1n) is 9.40. The highest BCUT2D eigenvalue weighted by Gasteiger charge is 2.08. The summed E-state index contributed by atoms with van der Waals surface area (Å²) in [5.41, 5.74) is 2.47. The molecule has 0 aliphatic carbocycles. The average Bonchev–Trinajstić information content (AvgIpc) is 3.23. The fraction of sp³-hybridized carbons (Fsp3) is 0.273. The molecular weight excluding hydrogens is 350 g/mol. The molecule has 6 heteroatoms. The number of hydrogen-bond donors (Lipinski definition) is 1. The molecule has 0 fully saturated rings. The van der Waals surface area contributed by atoms with Crippen molar-refractivity contribution in [3.8, 4) is 5.75 Å². The SMILES string of the molecule is CN=C(NCc1ccccc1Cn1cccn1)N(C)CCOc1ccccc1. The Bertz CT molecular complexity index is 862. The Labute approximate surface area is 166 Å². The highest BCUT2D eigenvalue weighted by atomic mass is 16.5. The monoisotopic (exact) mass is 377 g/mol. The maximum absolute atomic E-state index is 5.78. The number of para-hydroxylation sites is 1. The molecule has 0 amide bonds. The minimum Gasteiger partial charge on any atom is -0.492 e. The summed E-state index contributed by atoms with van der Waals surface area (Å²) in [6.45, 7) is 2.79. The van der Waals surface area contributed by atoms with Crippen molar-refractivity contribution in [1.29, 1.82) is 0 Å². The molecule has 0 radical (unpaired) electrons. The van der Waals surface area contributed by atoms with Crippen molar-refractivity contribution in [2.24, 2.45) is 4.99 Å². The van der Waals surface area contributed by atoms with Crippen LogP contribution >= 0.6 is 0 Å². The lowest BCUT2D eigenvalue weighted by molar-refractivity contribution is 0.281. The van der Waals surface area contributed by atoms with E-state index < -0.39 is 0 Å². The van der Waals surface area contributed by atoms with Crippen LogP contribution in [0.15, 0.2) is 78.0 Å². The second-order valence-corrected chi connectivity index (χ2v) is 6.46. The lowest BCUT2D eigenvalue weighted by Gasteiger charge is -2.22. The van der Waals surface area contributed by atoms with Gasteiger partial charge >= 0.3 is 0 Å². The van der Waals surface area contributed by atoms with Crippen LogP contribution in [-0.4, -0.2) is 47.9 Å². The van der Waals surface area contributed by atoms with E-state index in [1.54, 1.807) is 13.2 Å². The van der Waals surface area contributed by atoms with Crippen molar-refractivity contribution >= 4 is 5.96 Å². The number of rotatable bonds is 8. The minimum absolute atomic E-state index is 0.594. The van der Waals surface area contributed by atoms with Gasteiger partial charge in [0.05, 0.1) is 13.1 Å². The van der Waals surface area contributed by atoms with Gasteiger partial charge in [-0.15, -0.1) is 0 Å². The Morgan fingerprint density at radius 3 is 2.54 bits per heavy atom. The van der Waals surface area contributed by atoms with Gasteiger partial charge in [0.1, 0.15) is 12.4 Å². The maximum atomic E-state index is 5.78. The second kappa shape index (κ2) is 10.2. The Morgan fingerprint density at radius 1 is 1.07 bits per heavy atom. The van der Waals surface area contributed by atoms with Crippen molar-refractivity contribution in [3.63, 3.8) is 0 Å². The van der Waals surface area contributed by atoms with Gasteiger partial charge in [-0.25, -0.2) is 0 Å². The van der Waals surface area contributed by atoms with Gasteiger partial charge in [-0.05, 0) is 29.3 Å². The van der Waals surface area contributed by atoms with E-state index in [0.717, 1.165) is 24.8 Å². The van der Waals surface area contributed by atoms with Crippen molar-refractivity contribution in [2.75, 3.05) is 27.2 Å². The quantitative estimate of drug-likeness (QED) is 0.484. The van der Waals surface area contributed by atoms with Crippen LogP contribution in [0.3, 0.4) is 0 Å². The number of aromatic nitrogens is 2. The molecule has 28 heavy (non-hydrogen) atoms. The molecule has 0 spiro atoms. The van der Waals surface area contributed by atoms with Crippen LogP contribution in [0.5, 0.6) is 5.75 Å². The van der Waals surface area contributed by atoms with E-state index in [9.17, 15) is 0 Å². The molecule has 3 aromatic rings. The number of likely N-dealkylation sites (N-methyl/N-ethyl adjacent to an activating group) is 1. The third kappa shape index (κ3) is 5.61. The molecule has 0 aliphatic rings. The van der Waals surface area contributed by atoms with E-state index in [4.69, 9.17) is 4.74 Å². The summed E-state index contributed by atoms with van der Waals surface area (Å²) >= 11 is 0. The van der Waals surface area contributed by atoms with Crippen LogP contribution in [0, 0.1) is 0 Å². The van der Waals surface area contributed by atoms with Gasteiger partial charge in [-0.1, -0.05) is 42.5 Å². The fourth-order valence-corrected chi connectivity index (χ4v) is 2.93. The highest BCUT2D eigenvalue weighted by Crippen LogP contribution is 2.11. The number of aliphatic imine (C=N–C) groups is 1. The Hall–Kier alpha value is -3.28. The lowest BCUT2D eigenvalue weighted by Crippen LogP contribution is -2.40. The fourth-order valence-electron chi connectivity index (χ4n) is 2.93. The largest absolute Gasteiger partial charge is 0.492 e.